The van der Waals surface area contributed by atoms with E-state index in [1.165, 1.54) is 6.07 Å². The van der Waals surface area contributed by atoms with E-state index in [0.717, 1.165) is 37.0 Å². The fourth-order valence-electron chi connectivity index (χ4n) is 2.48. The third-order valence-corrected chi connectivity index (χ3v) is 3.52. The second-order valence-electron chi connectivity index (χ2n) is 5.35. The van der Waals surface area contributed by atoms with E-state index in [0.29, 0.717) is 29.8 Å². The summed E-state index contributed by atoms with van der Waals surface area (Å²) in [4.78, 5) is 12.1. The molecule has 0 aliphatic heterocycles. The van der Waals surface area contributed by atoms with Crippen LogP contribution in [0.25, 0.3) is 11.0 Å². The van der Waals surface area contributed by atoms with Crippen LogP contribution in [0.5, 0.6) is 5.75 Å². The van der Waals surface area contributed by atoms with Crippen molar-refractivity contribution in [3.63, 3.8) is 0 Å². The van der Waals surface area contributed by atoms with Crippen LogP contribution in [-0.4, -0.2) is 6.61 Å². The van der Waals surface area contributed by atoms with E-state index >= 15 is 0 Å². The predicted molar refractivity (Wildman–Crippen MR) is 86.2 cm³/mol. The van der Waals surface area contributed by atoms with E-state index in [4.69, 9.17) is 14.4 Å². The van der Waals surface area contributed by atoms with Gasteiger partial charge in [-0.2, -0.15) is 5.26 Å². The molecule has 2 aromatic rings. The lowest BCUT2D eigenvalue weighted by Crippen LogP contribution is -2.05. The van der Waals surface area contributed by atoms with Crippen LogP contribution in [0.1, 0.15) is 43.9 Å². The fraction of sp³-hybridized carbons (Fsp3) is 0.444. The van der Waals surface area contributed by atoms with Crippen LogP contribution in [0.2, 0.25) is 0 Å². The van der Waals surface area contributed by atoms with Crippen molar-refractivity contribution in [2.45, 2.75) is 46.0 Å². The van der Waals surface area contributed by atoms with E-state index in [1.807, 2.05) is 6.07 Å². The summed E-state index contributed by atoms with van der Waals surface area (Å²) in [5, 5.41) is 9.14. The Balaban J connectivity index is 2.32. The number of hydrogen-bond acceptors (Lipinski definition) is 4. The van der Waals surface area contributed by atoms with Gasteiger partial charge in [0.15, 0.2) is 5.43 Å². The minimum Gasteiger partial charge on any atom is -0.493 e. The van der Waals surface area contributed by atoms with Gasteiger partial charge in [0, 0.05) is 18.1 Å². The maximum Gasteiger partial charge on any atom is 0.192 e. The minimum absolute atomic E-state index is 0.0170. The molecule has 4 heteroatoms. The minimum atomic E-state index is -0.0170. The Morgan fingerprint density at radius 1 is 1.32 bits per heavy atom. The van der Waals surface area contributed by atoms with Crippen LogP contribution in [0.3, 0.4) is 0 Å². The monoisotopic (exact) mass is 299 g/mol. The van der Waals surface area contributed by atoms with Gasteiger partial charge in [-0.15, -0.1) is 0 Å². The average molecular weight is 299 g/mol. The number of rotatable bonds is 7. The first-order chi connectivity index (χ1) is 10.7. The van der Waals surface area contributed by atoms with Gasteiger partial charge in [0.1, 0.15) is 17.1 Å². The highest BCUT2D eigenvalue weighted by atomic mass is 16.5. The summed E-state index contributed by atoms with van der Waals surface area (Å²) in [5.41, 5.74) is 1.58. The molecule has 2 rings (SSSR count). The van der Waals surface area contributed by atoms with Gasteiger partial charge in [-0.1, -0.05) is 13.3 Å². The highest BCUT2D eigenvalue weighted by Crippen LogP contribution is 2.28. The molecule has 0 saturated carbocycles. The van der Waals surface area contributed by atoms with Crippen LogP contribution in [0, 0.1) is 18.3 Å². The molecule has 1 heterocycles. The van der Waals surface area contributed by atoms with E-state index in [9.17, 15) is 4.79 Å². The molecule has 0 aliphatic carbocycles. The molecule has 0 fully saturated rings. The van der Waals surface area contributed by atoms with Gasteiger partial charge < -0.3 is 9.15 Å². The smallest absolute Gasteiger partial charge is 0.192 e. The van der Waals surface area contributed by atoms with E-state index < -0.39 is 0 Å². The number of fused-ring (bicyclic) bond motifs is 1. The molecule has 0 saturated heterocycles. The first kappa shape index (κ1) is 16.1. The summed E-state index contributed by atoms with van der Waals surface area (Å²) in [6, 6.07) is 7.26. The summed E-state index contributed by atoms with van der Waals surface area (Å²) >= 11 is 0. The first-order valence-corrected chi connectivity index (χ1v) is 7.73. The number of nitrogens with zero attached hydrogens (tertiary/aromatic N) is 1. The SMILES string of the molecule is CCCc1c(OCCCCC#N)ccc2c(=O)cc(C)oc12. The molecule has 0 bridgehead atoms. The van der Waals surface area contributed by atoms with Gasteiger partial charge in [-0.05, 0) is 38.3 Å². The van der Waals surface area contributed by atoms with Crippen LogP contribution in [0.15, 0.2) is 27.4 Å². The topological polar surface area (TPSA) is 63.2 Å². The Kier molecular flexibility index (Phi) is 5.60. The summed E-state index contributed by atoms with van der Waals surface area (Å²) in [5.74, 6) is 1.39. The van der Waals surface area contributed by atoms with Gasteiger partial charge in [0.25, 0.3) is 0 Å². The molecule has 0 radical (unpaired) electrons. The molecular weight excluding hydrogens is 278 g/mol. The van der Waals surface area contributed by atoms with Gasteiger partial charge in [0.05, 0.1) is 18.1 Å². The summed E-state index contributed by atoms with van der Waals surface area (Å²) in [6.45, 7) is 4.44. The van der Waals surface area contributed by atoms with Crippen molar-refractivity contribution in [3.8, 4) is 11.8 Å². The number of unbranched alkanes of at least 4 members (excludes halogenated alkanes) is 2. The summed E-state index contributed by atoms with van der Waals surface area (Å²) in [7, 11) is 0. The van der Waals surface area contributed by atoms with Crippen molar-refractivity contribution < 1.29 is 9.15 Å². The third kappa shape index (κ3) is 3.67. The molecule has 1 aromatic carbocycles. The van der Waals surface area contributed by atoms with Crippen LogP contribution in [0.4, 0.5) is 0 Å². The number of hydrogen-bond donors (Lipinski definition) is 0. The molecule has 4 nitrogen and oxygen atoms in total. The van der Waals surface area contributed by atoms with Crippen molar-refractivity contribution in [1.29, 1.82) is 5.26 Å². The Morgan fingerprint density at radius 2 is 2.14 bits per heavy atom. The van der Waals surface area contributed by atoms with Crippen molar-refractivity contribution in [2.75, 3.05) is 6.61 Å². The zero-order valence-electron chi connectivity index (χ0n) is 13.1. The second-order valence-corrected chi connectivity index (χ2v) is 5.35. The van der Waals surface area contributed by atoms with Crippen molar-refractivity contribution in [2.24, 2.45) is 0 Å². The third-order valence-electron chi connectivity index (χ3n) is 3.52. The molecule has 0 spiro atoms. The quantitative estimate of drug-likeness (QED) is 0.721. The fourth-order valence-corrected chi connectivity index (χ4v) is 2.48. The number of ether oxygens (including phenoxy) is 1. The molecule has 0 unspecified atom stereocenters. The first-order valence-electron chi connectivity index (χ1n) is 7.73. The Morgan fingerprint density at radius 3 is 2.86 bits per heavy atom. The summed E-state index contributed by atoms with van der Waals surface area (Å²) < 4.78 is 11.6. The average Bonchev–Trinajstić information content (AvgIpc) is 2.49. The number of nitriles is 1. The van der Waals surface area contributed by atoms with Crippen LogP contribution in [-0.2, 0) is 6.42 Å². The van der Waals surface area contributed by atoms with Crippen molar-refractivity contribution in [1.82, 2.24) is 0 Å². The predicted octanol–water partition coefficient (Wildman–Crippen LogP) is 4.13. The van der Waals surface area contributed by atoms with Crippen LogP contribution < -0.4 is 10.2 Å². The largest absolute Gasteiger partial charge is 0.493 e. The molecule has 1 aromatic heterocycles. The lowest BCUT2D eigenvalue weighted by Gasteiger charge is -2.13. The zero-order valence-corrected chi connectivity index (χ0v) is 13.1. The molecule has 0 aliphatic rings. The highest BCUT2D eigenvalue weighted by molar-refractivity contribution is 5.82. The lowest BCUT2D eigenvalue weighted by molar-refractivity contribution is 0.304. The van der Waals surface area contributed by atoms with Gasteiger partial charge in [0.2, 0.25) is 0 Å². The molecule has 22 heavy (non-hydrogen) atoms. The zero-order chi connectivity index (χ0) is 15.9. The molecule has 0 amide bonds. The molecule has 0 atom stereocenters. The van der Waals surface area contributed by atoms with Gasteiger partial charge in [-0.3, -0.25) is 4.79 Å². The Bertz CT molecular complexity index is 740. The van der Waals surface area contributed by atoms with Crippen molar-refractivity contribution >= 4 is 11.0 Å². The van der Waals surface area contributed by atoms with E-state index in [2.05, 4.69) is 13.0 Å². The number of benzene rings is 1. The van der Waals surface area contributed by atoms with Gasteiger partial charge >= 0.3 is 0 Å². The van der Waals surface area contributed by atoms with E-state index in [-0.39, 0.29) is 5.43 Å². The maximum atomic E-state index is 12.1. The molecule has 116 valence electrons. The normalized spacial score (nSPS) is 10.6. The number of aryl methyl sites for hydroxylation is 2. The maximum absolute atomic E-state index is 12.1. The van der Waals surface area contributed by atoms with E-state index in [1.54, 1.807) is 13.0 Å². The van der Waals surface area contributed by atoms with Crippen molar-refractivity contribution in [3.05, 3.63) is 39.7 Å². The Labute approximate surface area is 130 Å². The Hall–Kier alpha value is -2.28. The summed E-state index contributed by atoms with van der Waals surface area (Å²) in [6.07, 6.45) is 3.98. The standard InChI is InChI=1S/C18H21NO3/c1-3-7-15-17(21-11-6-4-5-10-19)9-8-14-16(20)12-13(2)22-18(14)15/h8-9,12H,3-7,11H2,1-2H3. The van der Waals surface area contributed by atoms with Crippen LogP contribution >= 0.6 is 0 Å². The molecule has 0 N–H and O–H groups in total. The van der Waals surface area contributed by atoms with Gasteiger partial charge in [-0.25, -0.2) is 0 Å². The lowest BCUT2D eigenvalue weighted by atomic mass is 10.0. The second kappa shape index (κ2) is 7.65. The highest BCUT2D eigenvalue weighted by Gasteiger charge is 2.13. The molecular formula is C18H21NO3.